The maximum Gasteiger partial charge on any atom is 0.263 e. The molecule has 1 aromatic carbocycles. The monoisotopic (exact) mass is 293 g/mol. The third kappa shape index (κ3) is 2.33. The summed E-state index contributed by atoms with van der Waals surface area (Å²) in [5, 5.41) is 0. The summed E-state index contributed by atoms with van der Waals surface area (Å²) in [4.78, 5) is 7.31. The molecule has 1 aromatic rings. The number of fused-ring (bicyclic) bond motifs is 1. The Morgan fingerprint density at radius 1 is 1.35 bits per heavy atom. The molecule has 5 nitrogen and oxygen atoms in total. The van der Waals surface area contributed by atoms with Crippen molar-refractivity contribution in [1.29, 1.82) is 0 Å². The number of aliphatic imine (C=N–C) groups is 1. The summed E-state index contributed by atoms with van der Waals surface area (Å²) in [6.07, 6.45) is 0.963. The average Bonchev–Trinajstić information content (AvgIpc) is 2.65. The summed E-state index contributed by atoms with van der Waals surface area (Å²) in [7, 11) is -1.32. The lowest BCUT2D eigenvalue weighted by atomic mass is 9.94. The van der Waals surface area contributed by atoms with Crippen LogP contribution in [0.2, 0.25) is 0 Å². The number of likely N-dealkylation sites (tertiary alicyclic amines) is 1. The van der Waals surface area contributed by atoms with Crippen LogP contribution < -0.4 is 4.72 Å². The highest BCUT2D eigenvalue weighted by Gasteiger charge is 2.32. The van der Waals surface area contributed by atoms with Crippen LogP contribution in [0.15, 0.2) is 34.2 Å². The first-order chi connectivity index (χ1) is 9.47. The fraction of sp³-hybridized carbons (Fsp3) is 0.500. The summed E-state index contributed by atoms with van der Waals surface area (Å²) in [5.74, 6) is 0.931. The minimum Gasteiger partial charge on any atom is -0.306 e. The van der Waals surface area contributed by atoms with E-state index < -0.39 is 10.0 Å². The van der Waals surface area contributed by atoms with Crippen molar-refractivity contribution in [3.05, 3.63) is 29.8 Å². The minimum absolute atomic E-state index is 0.176. The lowest BCUT2D eigenvalue weighted by molar-refractivity contribution is 0.198. The number of amidine groups is 1. The second-order valence-corrected chi connectivity index (χ2v) is 7.33. The fourth-order valence-electron chi connectivity index (χ4n) is 2.93. The van der Waals surface area contributed by atoms with Crippen molar-refractivity contribution in [1.82, 2.24) is 9.62 Å². The summed E-state index contributed by atoms with van der Waals surface area (Å²) in [6, 6.07) is 7.19. The molecule has 2 heterocycles. The topological polar surface area (TPSA) is 61.8 Å². The molecule has 1 N–H and O–H groups in total. The van der Waals surface area contributed by atoms with Crippen LogP contribution in [0.3, 0.4) is 0 Å². The quantitative estimate of drug-likeness (QED) is 0.842. The molecule has 20 heavy (non-hydrogen) atoms. The van der Waals surface area contributed by atoms with E-state index in [2.05, 4.69) is 28.6 Å². The molecule has 0 radical (unpaired) electrons. The van der Waals surface area contributed by atoms with Crippen LogP contribution in [-0.2, 0) is 10.0 Å². The lowest BCUT2D eigenvalue weighted by Gasteiger charge is -2.32. The van der Waals surface area contributed by atoms with Crippen LogP contribution in [0.5, 0.6) is 0 Å². The van der Waals surface area contributed by atoms with Crippen LogP contribution >= 0.6 is 0 Å². The Bertz CT molecular complexity index is 654. The predicted octanol–water partition coefficient (Wildman–Crippen LogP) is 1.07. The standard InChI is InChI=1S/C14H19N3O2S/c1-10-9-17(2)8-7-12(10)15-14-11-5-3-4-6-13(11)20(18,19)16-14/h3-6,10,12H,7-9H2,1-2H3,(H,15,16). The van der Waals surface area contributed by atoms with E-state index >= 15 is 0 Å². The van der Waals surface area contributed by atoms with E-state index in [0.717, 1.165) is 19.5 Å². The number of hydrogen-bond donors (Lipinski definition) is 1. The van der Waals surface area contributed by atoms with Gasteiger partial charge in [-0.1, -0.05) is 19.1 Å². The molecule has 1 fully saturated rings. The van der Waals surface area contributed by atoms with Gasteiger partial charge < -0.3 is 4.90 Å². The number of benzene rings is 1. The Morgan fingerprint density at radius 2 is 2.10 bits per heavy atom. The fourth-order valence-corrected chi connectivity index (χ4v) is 4.17. The Balaban J connectivity index is 1.94. The average molecular weight is 293 g/mol. The van der Waals surface area contributed by atoms with Crippen molar-refractivity contribution in [2.45, 2.75) is 24.3 Å². The van der Waals surface area contributed by atoms with Gasteiger partial charge >= 0.3 is 0 Å². The smallest absolute Gasteiger partial charge is 0.263 e. The SMILES string of the molecule is CC1CN(C)CCC1N=C1NS(=O)(=O)c2ccccc21. The van der Waals surface area contributed by atoms with Gasteiger partial charge in [0.05, 0.1) is 10.9 Å². The van der Waals surface area contributed by atoms with E-state index in [9.17, 15) is 8.42 Å². The molecule has 6 heteroatoms. The van der Waals surface area contributed by atoms with Crippen molar-refractivity contribution in [2.75, 3.05) is 20.1 Å². The van der Waals surface area contributed by atoms with Gasteiger partial charge in [0.2, 0.25) is 0 Å². The van der Waals surface area contributed by atoms with E-state index in [1.807, 2.05) is 12.1 Å². The molecule has 0 aliphatic carbocycles. The molecule has 2 aliphatic rings. The first-order valence-electron chi connectivity index (χ1n) is 6.86. The zero-order valence-corrected chi connectivity index (χ0v) is 12.5. The number of piperidine rings is 1. The van der Waals surface area contributed by atoms with Gasteiger partial charge in [0.15, 0.2) is 0 Å². The van der Waals surface area contributed by atoms with Crippen molar-refractivity contribution in [3.63, 3.8) is 0 Å². The molecule has 2 unspecified atom stereocenters. The normalized spacial score (nSPS) is 31.0. The Kier molecular flexibility index (Phi) is 3.30. The summed E-state index contributed by atoms with van der Waals surface area (Å²) in [5.41, 5.74) is 0.693. The molecule has 108 valence electrons. The van der Waals surface area contributed by atoms with Gasteiger partial charge in [0.1, 0.15) is 5.84 Å². The predicted molar refractivity (Wildman–Crippen MR) is 78.4 cm³/mol. The molecule has 0 bridgehead atoms. The molecule has 0 spiro atoms. The molecular formula is C14H19N3O2S. The van der Waals surface area contributed by atoms with Crippen LogP contribution in [-0.4, -0.2) is 45.3 Å². The van der Waals surface area contributed by atoms with Crippen molar-refractivity contribution >= 4 is 15.9 Å². The highest BCUT2D eigenvalue weighted by atomic mass is 32.2. The zero-order chi connectivity index (χ0) is 14.3. The largest absolute Gasteiger partial charge is 0.306 e. The number of nitrogens with one attached hydrogen (secondary N) is 1. The van der Waals surface area contributed by atoms with Crippen LogP contribution in [0, 0.1) is 5.92 Å². The maximum atomic E-state index is 12.0. The second-order valence-electron chi connectivity index (χ2n) is 5.67. The number of nitrogens with zero attached hydrogens (tertiary/aromatic N) is 2. The van der Waals surface area contributed by atoms with Gasteiger partial charge in [0.25, 0.3) is 10.0 Å². The van der Waals surface area contributed by atoms with Gasteiger partial charge in [-0.25, -0.2) is 8.42 Å². The third-order valence-corrected chi connectivity index (χ3v) is 5.42. The van der Waals surface area contributed by atoms with Gasteiger partial charge in [-0.05, 0) is 38.1 Å². The molecule has 0 aromatic heterocycles. The van der Waals surface area contributed by atoms with Gasteiger partial charge in [-0.3, -0.25) is 9.71 Å². The molecule has 2 aliphatic heterocycles. The first kappa shape index (κ1) is 13.6. The third-order valence-electron chi connectivity index (χ3n) is 4.02. The van der Waals surface area contributed by atoms with E-state index in [1.165, 1.54) is 0 Å². The number of rotatable bonds is 1. The Morgan fingerprint density at radius 3 is 2.85 bits per heavy atom. The first-order valence-corrected chi connectivity index (χ1v) is 8.34. The Hall–Kier alpha value is -1.40. The molecule has 0 amide bonds. The van der Waals surface area contributed by atoms with E-state index in [0.29, 0.717) is 22.2 Å². The van der Waals surface area contributed by atoms with Crippen molar-refractivity contribution < 1.29 is 8.42 Å². The van der Waals surface area contributed by atoms with E-state index in [1.54, 1.807) is 12.1 Å². The number of sulfonamides is 1. The molecule has 2 atom stereocenters. The molecular weight excluding hydrogens is 274 g/mol. The van der Waals surface area contributed by atoms with Crippen molar-refractivity contribution in [2.24, 2.45) is 10.9 Å². The Labute approximate surface area is 119 Å². The highest BCUT2D eigenvalue weighted by molar-refractivity contribution is 7.90. The molecule has 0 saturated carbocycles. The van der Waals surface area contributed by atoms with Crippen molar-refractivity contribution in [3.8, 4) is 0 Å². The van der Waals surface area contributed by atoms with Gasteiger partial charge in [0, 0.05) is 12.1 Å². The highest BCUT2D eigenvalue weighted by Crippen LogP contribution is 2.25. The van der Waals surface area contributed by atoms with E-state index in [4.69, 9.17) is 0 Å². The maximum absolute atomic E-state index is 12.0. The number of hydrogen-bond acceptors (Lipinski definition) is 4. The van der Waals surface area contributed by atoms with E-state index in [-0.39, 0.29) is 6.04 Å². The molecule has 3 rings (SSSR count). The van der Waals surface area contributed by atoms with Crippen LogP contribution in [0.1, 0.15) is 18.9 Å². The zero-order valence-electron chi connectivity index (χ0n) is 11.7. The summed E-state index contributed by atoms with van der Waals surface area (Å²) < 4.78 is 26.7. The van der Waals surface area contributed by atoms with Crippen LogP contribution in [0.25, 0.3) is 0 Å². The van der Waals surface area contributed by atoms with Crippen LogP contribution in [0.4, 0.5) is 0 Å². The second kappa shape index (κ2) is 4.86. The molecule has 1 saturated heterocycles. The lowest BCUT2D eigenvalue weighted by Crippen LogP contribution is -2.40. The summed E-state index contributed by atoms with van der Waals surface area (Å²) >= 11 is 0. The minimum atomic E-state index is -3.42. The van der Waals surface area contributed by atoms with Gasteiger partial charge in [-0.2, -0.15) is 0 Å². The van der Waals surface area contributed by atoms with Gasteiger partial charge in [-0.15, -0.1) is 0 Å². The summed E-state index contributed by atoms with van der Waals surface area (Å²) in [6.45, 7) is 4.16.